The zero-order valence-electron chi connectivity index (χ0n) is 23.6. The van der Waals surface area contributed by atoms with Gasteiger partial charge in [-0.05, 0) is 41.6 Å². The van der Waals surface area contributed by atoms with Crippen LogP contribution in [0.1, 0.15) is 39.9 Å². The third-order valence-corrected chi connectivity index (χ3v) is 8.96. The van der Waals surface area contributed by atoms with Crippen LogP contribution < -0.4 is 5.32 Å². The number of rotatable bonds is 10. The van der Waals surface area contributed by atoms with Crippen LogP contribution in [-0.4, -0.2) is 43.1 Å². The van der Waals surface area contributed by atoms with Gasteiger partial charge in [0.15, 0.2) is 11.0 Å². The van der Waals surface area contributed by atoms with Crippen molar-refractivity contribution in [2.45, 2.75) is 37.5 Å². The van der Waals surface area contributed by atoms with E-state index in [0.29, 0.717) is 17.4 Å². The highest BCUT2D eigenvalue weighted by Crippen LogP contribution is 2.35. The third kappa shape index (κ3) is 6.76. The van der Waals surface area contributed by atoms with Crippen LogP contribution in [0.25, 0.3) is 5.69 Å². The van der Waals surface area contributed by atoms with Crippen LogP contribution in [0.2, 0.25) is 0 Å². The average molecular weight is 607 g/mol. The molecule has 2 aromatic heterocycles. The maximum atomic E-state index is 13.7. The highest BCUT2D eigenvalue weighted by atomic mass is 32.2. The summed E-state index contributed by atoms with van der Waals surface area (Å²) in [6.07, 6.45) is 0.940. The minimum absolute atomic E-state index is 0.103. The van der Waals surface area contributed by atoms with Gasteiger partial charge in [-0.15, -0.1) is 21.5 Å². The molecule has 0 radical (unpaired) electrons. The van der Waals surface area contributed by atoms with E-state index in [9.17, 15) is 9.59 Å². The summed E-state index contributed by atoms with van der Waals surface area (Å²) in [5.41, 5.74) is 4.93. The quantitative estimate of drug-likeness (QED) is 0.198. The minimum Gasteiger partial charge on any atom is -0.348 e. The first-order valence-corrected chi connectivity index (χ1v) is 15.8. The molecule has 0 spiro atoms. The maximum absolute atomic E-state index is 13.7. The summed E-state index contributed by atoms with van der Waals surface area (Å²) < 4.78 is 1.89. The third-order valence-electron chi connectivity index (χ3n) is 7.12. The van der Waals surface area contributed by atoms with E-state index < -0.39 is 0 Å². The summed E-state index contributed by atoms with van der Waals surface area (Å²) in [7, 11) is 0. The Kier molecular flexibility index (Phi) is 8.76. The van der Waals surface area contributed by atoms with Gasteiger partial charge in [0.2, 0.25) is 5.91 Å². The van der Waals surface area contributed by atoms with E-state index in [0.717, 1.165) is 27.4 Å². The molecule has 0 aliphatic carbocycles. The zero-order valence-corrected chi connectivity index (χ0v) is 25.2. The van der Waals surface area contributed by atoms with Gasteiger partial charge < -0.3 is 5.32 Å². The molecule has 5 aromatic rings. The molecular weight excluding hydrogens is 577 g/mol. The number of amides is 2. The van der Waals surface area contributed by atoms with Gasteiger partial charge in [-0.2, -0.15) is 5.10 Å². The molecule has 1 aliphatic rings. The number of nitrogens with zero attached hydrogens (tertiary/aromatic N) is 5. The number of carbonyl (C=O) groups excluding carboxylic acids is 2. The largest absolute Gasteiger partial charge is 0.348 e. The summed E-state index contributed by atoms with van der Waals surface area (Å²) in [4.78, 5) is 27.4. The van der Waals surface area contributed by atoms with Gasteiger partial charge in [0.25, 0.3) is 5.91 Å². The Bertz CT molecular complexity index is 1720. The number of thioether (sulfide) groups is 1. The molecule has 10 heteroatoms. The summed E-state index contributed by atoms with van der Waals surface area (Å²) >= 11 is 2.94. The molecule has 3 aromatic carbocycles. The number of hydrazone groups is 1. The number of thiophene rings is 1. The monoisotopic (exact) mass is 606 g/mol. The van der Waals surface area contributed by atoms with Crippen LogP contribution in [0.3, 0.4) is 0 Å². The van der Waals surface area contributed by atoms with Crippen molar-refractivity contribution in [3.63, 3.8) is 0 Å². The van der Waals surface area contributed by atoms with E-state index >= 15 is 0 Å². The topological polar surface area (TPSA) is 92.5 Å². The SMILES string of the molecule is Cc1ccc([C@H]2CC(c3cccs3)=NN2C(=O)CSc2nnc(CNC(=O)Cc3ccccc3)n2-c2ccccc2)cc1. The second-order valence-electron chi connectivity index (χ2n) is 10.2. The fourth-order valence-corrected chi connectivity index (χ4v) is 6.48. The molecule has 1 aliphatic heterocycles. The van der Waals surface area contributed by atoms with Crippen molar-refractivity contribution >= 4 is 40.6 Å². The zero-order chi connectivity index (χ0) is 29.6. The standard InChI is InChI=1S/C33H30N6O2S2/c1-23-14-16-25(17-15-23)28-20-27(29-13-8-18-42-29)37-39(28)32(41)22-43-33-36-35-30(38(33)26-11-6-3-7-12-26)21-34-31(40)19-24-9-4-2-5-10-24/h2-18,28H,19-22H2,1H3,(H,34,40)/t28-/m1/s1. The van der Waals surface area contributed by atoms with Crippen LogP contribution in [0.15, 0.2) is 113 Å². The molecule has 0 saturated heterocycles. The van der Waals surface area contributed by atoms with E-state index in [1.807, 2.05) is 82.7 Å². The Labute approximate surface area is 258 Å². The molecule has 0 unspecified atom stereocenters. The van der Waals surface area contributed by atoms with E-state index in [-0.39, 0.29) is 36.6 Å². The molecule has 3 heterocycles. The van der Waals surface area contributed by atoms with E-state index in [1.54, 1.807) is 16.3 Å². The summed E-state index contributed by atoms with van der Waals surface area (Å²) in [5.74, 6) is 0.505. The fourth-order valence-electron chi connectivity index (χ4n) is 4.94. The predicted molar refractivity (Wildman–Crippen MR) is 170 cm³/mol. The van der Waals surface area contributed by atoms with Crippen molar-refractivity contribution in [3.05, 3.63) is 130 Å². The maximum Gasteiger partial charge on any atom is 0.253 e. The molecule has 8 nitrogen and oxygen atoms in total. The smallest absolute Gasteiger partial charge is 0.253 e. The highest BCUT2D eigenvalue weighted by molar-refractivity contribution is 7.99. The van der Waals surface area contributed by atoms with Crippen molar-refractivity contribution in [1.82, 2.24) is 25.1 Å². The molecular formula is C33H30N6O2S2. The first-order chi connectivity index (χ1) is 21.0. The van der Waals surface area contributed by atoms with Gasteiger partial charge in [0, 0.05) is 12.1 Å². The van der Waals surface area contributed by atoms with Crippen molar-refractivity contribution in [2.24, 2.45) is 5.10 Å². The Morgan fingerprint density at radius 2 is 1.67 bits per heavy atom. The van der Waals surface area contributed by atoms with Gasteiger partial charge in [-0.25, -0.2) is 5.01 Å². The molecule has 0 saturated carbocycles. The number of hydrogen-bond acceptors (Lipinski definition) is 7. The van der Waals surface area contributed by atoms with Gasteiger partial charge in [0.1, 0.15) is 0 Å². The Balaban J connectivity index is 1.20. The number of para-hydroxylation sites is 1. The Hall–Kier alpha value is -4.54. The van der Waals surface area contributed by atoms with Gasteiger partial charge in [-0.1, -0.05) is 96.2 Å². The number of aromatic nitrogens is 3. The number of aryl methyl sites for hydroxylation is 1. The van der Waals surface area contributed by atoms with Crippen LogP contribution in [0.5, 0.6) is 0 Å². The normalized spacial score (nSPS) is 14.5. The lowest BCUT2D eigenvalue weighted by atomic mass is 10.00. The lowest BCUT2D eigenvalue weighted by molar-refractivity contribution is -0.130. The van der Waals surface area contributed by atoms with E-state index in [1.165, 1.54) is 17.3 Å². The van der Waals surface area contributed by atoms with Gasteiger partial charge in [0.05, 0.1) is 35.3 Å². The van der Waals surface area contributed by atoms with Gasteiger partial charge >= 0.3 is 0 Å². The van der Waals surface area contributed by atoms with Crippen molar-refractivity contribution < 1.29 is 9.59 Å². The van der Waals surface area contributed by atoms with Crippen LogP contribution >= 0.6 is 23.1 Å². The minimum atomic E-state index is -0.173. The average Bonchev–Trinajstić information content (AvgIpc) is 3.80. The van der Waals surface area contributed by atoms with Crippen molar-refractivity contribution in [2.75, 3.05) is 5.75 Å². The van der Waals surface area contributed by atoms with Crippen molar-refractivity contribution in [1.29, 1.82) is 0 Å². The second kappa shape index (κ2) is 13.2. The highest BCUT2D eigenvalue weighted by Gasteiger charge is 2.33. The van der Waals surface area contributed by atoms with Crippen LogP contribution in [0.4, 0.5) is 0 Å². The van der Waals surface area contributed by atoms with Crippen LogP contribution in [-0.2, 0) is 22.6 Å². The molecule has 2 amide bonds. The molecule has 0 fully saturated rings. The Morgan fingerprint density at radius 1 is 0.930 bits per heavy atom. The Morgan fingerprint density at radius 3 is 2.40 bits per heavy atom. The lowest BCUT2D eigenvalue weighted by Crippen LogP contribution is -2.28. The molecule has 216 valence electrons. The summed E-state index contributed by atoms with van der Waals surface area (Å²) in [6.45, 7) is 2.26. The van der Waals surface area contributed by atoms with E-state index in [4.69, 9.17) is 5.10 Å². The first kappa shape index (κ1) is 28.6. The second-order valence-corrected chi connectivity index (χ2v) is 12.1. The number of benzene rings is 3. The van der Waals surface area contributed by atoms with Gasteiger partial charge in [-0.3, -0.25) is 14.2 Å². The predicted octanol–water partition coefficient (Wildman–Crippen LogP) is 5.97. The number of hydrogen-bond donors (Lipinski definition) is 1. The molecule has 0 bridgehead atoms. The summed E-state index contributed by atoms with van der Waals surface area (Å²) in [6, 6.07) is 31.5. The van der Waals surface area contributed by atoms with Crippen molar-refractivity contribution in [3.8, 4) is 5.69 Å². The number of nitrogens with one attached hydrogen (secondary N) is 1. The fraction of sp³-hybridized carbons (Fsp3) is 0.182. The summed E-state index contributed by atoms with van der Waals surface area (Å²) in [5, 5.41) is 20.8. The molecule has 6 rings (SSSR count). The van der Waals surface area contributed by atoms with Crippen LogP contribution in [0, 0.1) is 6.92 Å². The lowest BCUT2D eigenvalue weighted by Gasteiger charge is -2.22. The first-order valence-electron chi connectivity index (χ1n) is 14.0. The van der Waals surface area contributed by atoms with E-state index in [2.05, 4.69) is 46.7 Å². The molecule has 1 atom stereocenters. The molecule has 1 N–H and O–H groups in total. The number of carbonyl (C=O) groups is 2. The molecule has 43 heavy (non-hydrogen) atoms.